The average Bonchev–Trinajstić information content (AvgIpc) is 2.86. The van der Waals surface area contributed by atoms with Crippen LogP contribution in [0.5, 0.6) is 5.75 Å². The number of piperidine rings is 1. The van der Waals surface area contributed by atoms with E-state index in [9.17, 15) is 13.2 Å². The highest BCUT2D eigenvalue weighted by Crippen LogP contribution is 2.22. The summed E-state index contributed by atoms with van der Waals surface area (Å²) in [4.78, 5) is 12.5. The Morgan fingerprint density at radius 3 is 2.42 bits per heavy atom. The van der Waals surface area contributed by atoms with Crippen molar-refractivity contribution in [3.8, 4) is 5.75 Å². The molecule has 1 saturated heterocycles. The van der Waals surface area contributed by atoms with E-state index < -0.39 is 10.0 Å². The van der Waals surface area contributed by atoms with E-state index in [0.29, 0.717) is 39.1 Å². The molecule has 1 aliphatic rings. The number of fused-ring (bicyclic) bond motifs is 1. The number of benzene rings is 3. The maximum absolute atomic E-state index is 12.6. The van der Waals surface area contributed by atoms with Crippen molar-refractivity contribution in [3.05, 3.63) is 83.8 Å². The van der Waals surface area contributed by atoms with Crippen molar-refractivity contribution in [1.29, 1.82) is 0 Å². The van der Waals surface area contributed by atoms with Crippen LogP contribution < -0.4 is 10.1 Å². The third kappa shape index (κ3) is 6.21. The summed E-state index contributed by atoms with van der Waals surface area (Å²) in [5, 5.41) is 6.42. The van der Waals surface area contributed by atoms with E-state index in [1.165, 1.54) is 9.71 Å². The molecule has 0 saturated carbocycles. The highest BCUT2D eigenvalue weighted by atomic mass is 32.2. The largest absolute Gasteiger partial charge is 0.492 e. The topological polar surface area (TPSA) is 75.7 Å². The molecule has 0 atom stereocenters. The number of carbonyl (C=O) groups excluding carboxylic acids is 1. The molecule has 3 aromatic carbocycles. The first-order valence-electron chi connectivity index (χ1n) is 11.1. The molecule has 4 rings (SSSR count). The number of carbonyl (C=O) groups is 1. The monoisotopic (exact) mass is 464 g/mol. The smallest absolute Gasteiger partial charge is 0.236 e. The van der Waals surface area contributed by atoms with E-state index in [4.69, 9.17) is 4.74 Å². The second kappa shape index (κ2) is 10.6. The highest BCUT2D eigenvalue weighted by Gasteiger charge is 2.29. The first kappa shape index (κ1) is 23.0. The van der Waals surface area contributed by atoms with Crippen molar-refractivity contribution >= 4 is 32.8 Å². The van der Waals surface area contributed by atoms with Gasteiger partial charge in [-0.15, -0.1) is 0 Å². The second-order valence-electron chi connectivity index (χ2n) is 8.08. The van der Waals surface area contributed by atoms with E-state index in [-0.39, 0.29) is 11.8 Å². The van der Waals surface area contributed by atoms with E-state index in [0.717, 1.165) is 22.1 Å². The van der Waals surface area contributed by atoms with Gasteiger partial charge in [0.25, 0.3) is 0 Å². The maximum atomic E-state index is 12.6. The Morgan fingerprint density at radius 1 is 0.970 bits per heavy atom. The van der Waals surface area contributed by atoms with Gasteiger partial charge in [-0.2, -0.15) is 4.31 Å². The summed E-state index contributed by atoms with van der Waals surface area (Å²) >= 11 is 0. The molecular formula is C26H28N2O4S. The van der Waals surface area contributed by atoms with Crippen LogP contribution in [-0.2, 0) is 14.8 Å². The number of nitrogens with one attached hydrogen (secondary N) is 1. The fourth-order valence-electron chi connectivity index (χ4n) is 3.93. The molecule has 1 N–H and O–H groups in total. The second-order valence-corrected chi connectivity index (χ2v) is 9.90. The van der Waals surface area contributed by atoms with Crippen molar-refractivity contribution < 1.29 is 17.9 Å². The van der Waals surface area contributed by atoms with Crippen LogP contribution >= 0.6 is 0 Å². The molecule has 1 fully saturated rings. The van der Waals surface area contributed by atoms with Gasteiger partial charge in [0.05, 0.1) is 6.54 Å². The fraction of sp³-hybridized carbons (Fsp3) is 0.269. The Hall–Kier alpha value is -3.16. The van der Waals surface area contributed by atoms with Crippen LogP contribution in [-0.4, -0.2) is 44.9 Å². The van der Waals surface area contributed by atoms with Gasteiger partial charge in [0, 0.05) is 24.4 Å². The molecule has 0 radical (unpaired) electrons. The van der Waals surface area contributed by atoms with Crippen LogP contribution in [0.3, 0.4) is 0 Å². The maximum Gasteiger partial charge on any atom is 0.236 e. The molecule has 0 spiro atoms. The molecule has 6 nitrogen and oxygen atoms in total. The summed E-state index contributed by atoms with van der Waals surface area (Å²) in [6.45, 7) is 1.46. The quantitative estimate of drug-likeness (QED) is 0.511. The fourth-order valence-corrected chi connectivity index (χ4v) is 5.15. The lowest BCUT2D eigenvalue weighted by Gasteiger charge is -2.29. The van der Waals surface area contributed by atoms with E-state index >= 15 is 0 Å². The molecule has 3 aromatic rings. The summed E-state index contributed by atoms with van der Waals surface area (Å²) in [6.07, 6.45) is 2.62. The van der Waals surface area contributed by atoms with Crippen molar-refractivity contribution in [1.82, 2.24) is 9.62 Å². The van der Waals surface area contributed by atoms with Gasteiger partial charge in [-0.1, -0.05) is 60.7 Å². The normalized spacial score (nSPS) is 15.6. The molecule has 7 heteroatoms. The van der Waals surface area contributed by atoms with Crippen molar-refractivity contribution in [2.24, 2.45) is 5.92 Å². The predicted octanol–water partition coefficient (Wildman–Crippen LogP) is 4.05. The van der Waals surface area contributed by atoms with Crippen molar-refractivity contribution in [2.75, 3.05) is 26.2 Å². The molecule has 0 bridgehead atoms. The number of nitrogens with zero attached hydrogens (tertiary/aromatic N) is 1. The Balaban J connectivity index is 1.20. The van der Waals surface area contributed by atoms with Crippen LogP contribution in [0, 0.1) is 5.92 Å². The number of hydrogen-bond donors (Lipinski definition) is 1. The van der Waals surface area contributed by atoms with Crippen molar-refractivity contribution in [3.63, 3.8) is 0 Å². The summed E-state index contributed by atoms with van der Waals surface area (Å²) < 4.78 is 32.4. The number of rotatable bonds is 8. The van der Waals surface area contributed by atoms with Gasteiger partial charge in [0.15, 0.2) is 0 Å². The molecular weight excluding hydrogens is 436 g/mol. The lowest BCUT2D eigenvalue weighted by Crippen LogP contribution is -2.43. The third-order valence-electron chi connectivity index (χ3n) is 5.81. The minimum atomic E-state index is -3.50. The minimum Gasteiger partial charge on any atom is -0.492 e. The standard InChI is InChI=1S/C26H28N2O4S/c29-26(27-15-18-32-25-11-10-22-8-4-5-9-24(22)20-25)23-12-16-28(17-13-23)33(30,31)19-14-21-6-2-1-3-7-21/h1-11,14,19-20,23H,12-13,15-18H2,(H,27,29)/b19-14+. The lowest BCUT2D eigenvalue weighted by molar-refractivity contribution is -0.126. The summed E-state index contributed by atoms with van der Waals surface area (Å²) in [7, 11) is -3.50. The molecule has 0 unspecified atom stereocenters. The Morgan fingerprint density at radius 2 is 1.67 bits per heavy atom. The minimum absolute atomic E-state index is 0.0472. The molecule has 0 aromatic heterocycles. The first-order valence-corrected chi connectivity index (χ1v) is 12.6. The van der Waals surface area contributed by atoms with E-state index in [1.807, 2.05) is 66.7 Å². The summed E-state index contributed by atoms with van der Waals surface area (Å²) in [6, 6.07) is 23.3. The van der Waals surface area contributed by atoms with E-state index in [1.54, 1.807) is 6.08 Å². The first-order chi connectivity index (χ1) is 16.0. The zero-order valence-corrected chi connectivity index (χ0v) is 19.2. The van der Waals surface area contributed by atoms with Crippen LogP contribution in [0.15, 0.2) is 78.2 Å². The van der Waals surface area contributed by atoms with Gasteiger partial charge in [0.1, 0.15) is 12.4 Å². The predicted molar refractivity (Wildman–Crippen MR) is 131 cm³/mol. The number of amides is 1. The number of hydrogen-bond acceptors (Lipinski definition) is 4. The highest BCUT2D eigenvalue weighted by molar-refractivity contribution is 7.92. The van der Waals surface area contributed by atoms with Gasteiger partial charge in [-0.3, -0.25) is 4.79 Å². The SMILES string of the molecule is O=C(NCCOc1ccc2ccccc2c1)C1CCN(S(=O)(=O)/C=C/c2ccccc2)CC1. The molecule has 33 heavy (non-hydrogen) atoms. The third-order valence-corrected chi connectivity index (χ3v) is 7.37. The van der Waals surface area contributed by atoms with Gasteiger partial charge in [-0.25, -0.2) is 8.42 Å². The summed E-state index contributed by atoms with van der Waals surface area (Å²) in [5.41, 5.74) is 0.834. The van der Waals surface area contributed by atoms with Crippen LogP contribution in [0.1, 0.15) is 18.4 Å². The average molecular weight is 465 g/mol. The Kier molecular flexibility index (Phi) is 7.42. The van der Waals surface area contributed by atoms with Crippen LogP contribution in [0.2, 0.25) is 0 Å². The van der Waals surface area contributed by atoms with E-state index in [2.05, 4.69) is 11.4 Å². The molecule has 0 aliphatic carbocycles. The lowest BCUT2D eigenvalue weighted by atomic mass is 9.97. The van der Waals surface area contributed by atoms with Gasteiger partial charge < -0.3 is 10.1 Å². The van der Waals surface area contributed by atoms with Gasteiger partial charge >= 0.3 is 0 Å². The summed E-state index contributed by atoms with van der Waals surface area (Å²) in [5.74, 6) is 0.536. The zero-order valence-electron chi connectivity index (χ0n) is 18.4. The molecule has 172 valence electrons. The Bertz CT molecular complexity index is 1220. The molecule has 1 amide bonds. The van der Waals surface area contributed by atoms with Gasteiger partial charge in [0.2, 0.25) is 15.9 Å². The number of ether oxygens (including phenoxy) is 1. The molecule has 1 aliphatic heterocycles. The number of sulfonamides is 1. The van der Waals surface area contributed by atoms with Crippen LogP contribution in [0.25, 0.3) is 16.8 Å². The van der Waals surface area contributed by atoms with Gasteiger partial charge in [-0.05, 0) is 47.4 Å². The molecule has 1 heterocycles. The Labute approximate surface area is 194 Å². The van der Waals surface area contributed by atoms with Crippen LogP contribution in [0.4, 0.5) is 0 Å². The zero-order chi connectivity index (χ0) is 23.1. The van der Waals surface area contributed by atoms with Crippen molar-refractivity contribution in [2.45, 2.75) is 12.8 Å².